The lowest BCUT2D eigenvalue weighted by Crippen LogP contribution is -2.28. The monoisotopic (exact) mass is 326 g/mol. The Morgan fingerprint density at radius 3 is 2.62 bits per heavy atom. The Hall–Kier alpha value is -2.17. The molecule has 2 rings (SSSR count). The molecule has 2 aromatic heterocycles. The molecule has 0 bridgehead atoms. The average molecular weight is 326 g/mol. The van der Waals surface area contributed by atoms with E-state index in [1.54, 1.807) is 0 Å². The summed E-state index contributed by atoms with van der Waals surface area (Å²) < 4.78 is 85.9. The molecule has 0 saturated carbocycles. The Morgan fingerprint density at radius 1 is 1.38 bits per heavy atom. The van der Waals surface area contributed by atoms with Crippen molar-refractivity contribution in [2.75, 3.05) is 0 Å². The molecular weight excluding hydrogens is 315 g/mol. The summed E-state index contributed by atoms with van der Waals surface area (Å²) in [6.07, 6.45) is 0. The van der Waals surface area contributed by atoms with Crippen LogP contribution in [-0.2, 0) is 10.1 Å². The van der Waals surface area contributed by atoms with Gasteiger partial charge in [0, 0.05) is 10.2 Å². The molecule has 0 aliphatic heterocycles. The number of alkyl halides is 3. The van der Waals surface area contributed by atoms with Crippen LogP contribution < -0.4 is 9.74 Å². The van der Waals surface area contributed by atoms with Crippen molar-refractivity contribution in [1.82, 2.24) is 15.0 Å². The van der Waals surface area contributed by atoms with Gasteiger partial charge in [-0.3, -0.25) is 4.79 Å². The van der Waals surface area contributed by atoms with Gasteiger partial charge in [0.2, 0.25) is 11.4 Å². The van der Waals surface area contributed by atoms with Crippen LogP contribution >= 0.6 is 0 Å². The van der Waals surface area contributed by atoms with Crippen LogP contribution in [0.2, 0.25) is 0 Å². The van der Waals surface area contributed by atoms with Crippen molar-refractivity contribution in [3.05, 3.63) is 27.8 Å². The Morgan fingerprint density at radius 2 is 2.05 bits per heavy atom. The third-order valence-electron chi connectivity index (χ3n) is 2.25. The van der Waals surface area contributed by atoms with E-state index in [9.17, 15) is 26.4 Å². The third-order valence-corrected chi connectivity index (χ3v) is 3.19. The minimum atomic E-state index is -6.10. The SMILES string of the molecule is [2H]C([2H])([2H])c1cc(=O)[nH]c2nc(C)nc(OS(=O)(=O)C(F)(F)F)c12. The van der Waals surface area contributed by atoms with Gasteiger partial charge in [0.1, 0.15) is 11.5 Å². The molecule has 0 aliphatic carbocycles. The summed E-state index contributed by atoms with van der Waals surface area (Å²) in [5.74, 6) is -1.38. The molecule has 0 radical (unpaired) electrons. The van der Waals surface area contributed by atoms with Crippen LogP contribution in [0.5, 0.6) is 5.88 Å². The highest BCUT2D eigenvalue weighted by Crippen LogP contribution is 2.30. The molecule has 1 N–H and O–H groups in total. The van der Waals surface area contributed by atoms with E-state index in [-0.39, 0.29) is 5.82 Å². The lowest BCUT2D eigenvalue weighted by molar-refractivity contribution is -0.0501. The van der Waals surface area contributed by atoms with E-state index in [2.05, 4.69) is 19.1 Å². The summed E-state index contributed by atoms with van der Waals surface area (Å²) >= 11 is 0. The molecule has 2 aromatic rings. The quantitative estimate of drug-likeness (QED) is 0.656. The number of rotatable bonds is 2. The van der Waals surface area contributed by atoms with Gasteiger partial charge in [-0.1, -0.05) is 0 Å². The van der Waals surface area contributed by atoms with Crippen molar-refractivity contribution in [2.45, 2.75) is 19.3 Å². The second kappa shape index (κ2) is 4.69. The molecule has 0 atom stereocenters. The molecule has 0 amide bonds. The number of hydrogen-bond donors (Lipinski definition) is 1. The number of nitrogens with zero attached hydrogens (tertiary/aromatic N) is 2. The van der Waals surface area contributed by atoms with Gasteiger partial charge in [-0.2, -0.15) is 26.6 Å². The molecule has 0 aromatic carbocycles. The zero-order valence-corrected chi connectivity index (χ0v) is 11.0. The number of nitrogens with one attached hydrogen (secondary N) is 1. The van der Waals surface area contributed by atoms with Gasteiger partial charge in [0.25, 0.3) is 0 Å². The first-order valence-corrected chi connectivity index (χ1v) is 6.56. The molecule has 2 heterocycles. The predicted octanol–water partition coefficient (Wildman–Crippen LogP) is 1.16. The number of pyridine rings is 1. The Balaban J connectivity index is 2.87. The average Bonchev–Trinajstić information content (AvgIpc) is 2.33. The zero-order chi connectivity index (χ0) is 18.5. The highest BCUT2D eigenvalue weighted by atomic mass is 32.2. The fraction of sp³-hybridized carbons (Fsp3) is 0.300. The number of aromatic amines is 1. The number of hydrogen-bond acceptors (Lipinski definition) is 6. The number of H-pyrrole nitrogens is 1. The van der Waals surface area contributed by atoms with Gasteiger partial charge in [-0.25, -0.2) is 4.98 Å². The first-order chi connectivity index (χ1) is 10.7. The van der Waals surface area contributed by atoms with E-state index >= 15 is 0 Å². The first-order valence-electron chi connectivity index (χ1n) is 6.65. The highest BCUT2D eigenvalue weighted by molar-refractivity contribution is 7.88. The smallest absolute Gasteiger partial charge is 0.354 e. The fourth-order valence-corrected chi connectivity index (χ4v) is 1.87. The molecule has 7 nitrogen and oxygen atoms in total. The van der Waals surface area contributed by atoms with Gasteiger partial charge in [-0.05, 0) is 19.3 Å². The molecule has 21 heavy (non-hydrogen) atoms. The fourth-order valence-electron chi connectivity index (χ4n) is 1.45. The second-order valence-corrected chi connectivity index (χ2v) is 5.37. The number of aryl methyl sites for hydroxylation is 2. The van der Waals surface area contributed by atoms with Crippen molar-refractivity contribution < 1.29 is 29.9 Å². The van der Waals surface area contributed by atoms with Crippen molar-refractivity contribution in [3.8, 4) is 5.88 Å². The molecule has 114 valence electrons. The van der Waals surface area contributed by atoms with Crippen molar-refractivity contribution in [2.24, 2.45) is 0 Å². The standard InChI is InChI=1S/C10H8F3N3O4S/c1-4-3-6(17)16-8-7(4)9(15-5(2)14-8)20-21(18,19)10(11,12)13/h3H,1-2H3,(H,14,15,16,17)/i1D3. The largest absolute Gasteiger partial charge is 0.534 e. The third kappa shape index (κ3) is 2.82. The summed E-state index contributed by atoms with van der Waals surface area (Å²) in [6.45, 7) is -1.77. The molecule has 0 aliphatic rings. The van der Waals surface area contributed by atoms with E-state index in [4.69, 9.17) is 4.11 Å². The van der Waals surface area contributed by atoms with Crippen LogP contribution in [0, 0.1) is 13.8 Å². The van der Waals surface area contributed by atoms with E-state index in [0.29, 0.717) is 6.07 Å². The van der Waals surface area contributed by atoms with Gasteiger partial charge < -0.3 is 9.17 Å². The zero-order valence-electron chi connectivity index (χ0n) is 13.1. The van der Waals surface area contributed by atoms with Crippen LogP contribution in [0.4, 0.5) is 13.2 Å². The van der Waals surface area contributed by atoms with Crippen LogP contribution in [0.25, 0.3) is 11.0 Å². The van der Waals surface area contributed by atoms with Gasteiger partial charge >= 0.3 is 15.6 Å². The molecule has 0 fully saturated rings. The van der Waals surface area contributed by atoms with Crippen LogP contribution in [0.15, 0.2) is 10.9 Å². The molecule has 11 heteroatoms. The van der Waals surface area contributed by atoms with Crippen LogP contribution in [0.3, 0.4) is 0 Å². The molecule has 0 unspecified atom stereocenters. The van der Waals surface area contributed by atoms with E-state index in [1.807, 2.05) is 0 Å². The van der Waals surface area contributed by atoms with Crippen LogP contribution in [0.1, 0.15) is 15.5 Å². The van der Waals surface area contributed by atoms with E-state index in [1.165, 1.54) is 6.92 Å². The lowest BCUT2D eigenvalue weighted by Gasteiger charge is -2.11. The topological polar surface area (TPSA) is 102 Å². The highest BCUT2D eigenvalue weighted by Gasteiger charge is 2.49. The summed E-state index contributed by atoms with van der Waals surface area (Å²) in [5, 5.41) is -0.659. The molecular formula is C10H8F3N3O4S. The Kier molecular flexibility index (Phi) is 2.56. The summed E-state index contributed by atoms with van der Waals surface area (Å²) in [7, 11) is -6.10. The van der Waals surface area contributed by atoms with Crippen molar-refractivity contribution in [1.29, 1.82) is 0 Å². The Labute approximate surface area is 120 Å². The lowest BCUT2D eigenvalue weighted by atomic mass is 10.2. The molecule has 0 spiro atoms. The minimum absolute atomic E-state index is 0.242. The summed E-state index contributed by atoms with van der Waals surface area (Å²) in [5.41, 5.74) is -7.85. The molecule has 0 saturated heterocycles. The summed E-state index contributed by atoms with van der Waals surface area (Å²) in [6, 6.07) is 0.584. The predicted molar refractivity (Wildman–Crippen MR) is 65.2 cm³/mol. The number of halogens is 3. The van der Waals surface area contributed by atoms with Crippen molar-refractivity contribution in [3.63, 3.8) is 0 Å². The normalized spacial score (nSPS) is 15.3. The maximum absolute atomic E-state index is 12.5. The van der Waals surface area contributed by atoms with E-state index < -0.39 is 50.5 Å². The number of fused-ring (bicyclic) bond motifs is 1. The maximum Gasteiger partial charge on any atom is 0.534 e. The van der Waals surface area contributed by atoms with Gasteiger partial charge in [0.05, 0.1) is 5.39 Å². The second-order valence-electron chi connectivity index (χ2n) is 3.83. The van der Waals surface area contributed by atoms with Crippen molar-refractivity contribution >= 4 is 21.2 Å². The summed E-state index contributed by atoms with van der Waals surface area (Å²) in [4.78, 5) is 20.7. The van der Waals surface area contributed by atoms with Crippen LogP contribution in [-0.4, -0.2) is 28.9 Å². The first kappa shape index (κ1) is 11.5. The maximum atomic E-state index is 12.5. The number of aromatic nitrogens is 3. The van der Waals surface area contributed by atoms with Gasteiger partial charge in [0.15, 0.2) is 0 Å². The Bertz CT molecular complexity index is 969. The van der Waals surface area contributed by atoms with Gasteiger partial charge in [-0.15, -0.1) is 0 Å². The minimum Gasteiger partial charge on any atom is -0.354 e. The van der Waals surface area contributed by atoms with E-state index in [0.717, 1.165) is 0 Å².